The van der Waals surface area contributed by atoms with Crippen molar-refractivity contribution in [2.75, 3.05) is 18.5 Å². The lowest BCUT2D eigenvalue weighted by molar-refractivity contribution is -0.146. The number of hydrogen-bond acceptors (Lipinski definition) is 6. The maximum absolute atomic E-state index is 13.1. The van der Waals surface area contributed by atoms with Crippen LogP contribution in [0.4, 0.5) is 10.1 Å². The highest BCUT2D eigenvalue weighted by Crippen LogP contribution is 2.18. The maximum atomic E-state index is 13.1. The van der Waals surface area contributed by atoms with Gasteiger partial charge in [-0.05, 0) is 42.8 Å². The van der Waals surface area contributed by atoms with E-state index in [2.05, 4.69) is 10.6 Å². The number of esters is 1. The van der Waals surface area contributed by atoms with Crippen molar-refractivity contribution in [3.05, 3.63) is 59.4 Å². The molecule has 154 valence electrons. The largest absolute Gasteiger partial charge is 0.454 e. The summed E-state index contributed by atoms with van der Waals surface area (Å²) in [5.41, 5.74) is 0.589. The lowest BCUT2D eigenvalue weighted by Crippen LogP contribution is -2.32. The molecular weight excluding hydrogens is 405 g/mol. The summed E-state index contributed by atoms with van der Waals surface area (Å²) in [5.74, 6) is -2.89. The van der Waals surface area contributed by atoms with Gasteiger partial charge in [0.1, 0.15) is 12.4 Å². The second kappa shape index (κ2) is 9.26. The fraction of sp³-hybridized carbons (Fsp3) is 0.167. The van der Waals surface area contributed by atoms with E-state index in [4.69, 9.17) is 9.88 Å². The molecule has 11 heteroatoms. The molecular formula is C18H18FN3O6S. The first kappa shape index (κ1) is 22.0. The highest BCUT2D eigenvalue weighted by molar-refractivity contribution is 7.89. The van der Waals surface area contributed by atoms with E-state index in [9.17, 15) is 27.2 Å². The zero-order valence-corrected chi connectivity index (χ0v) is 16.1. The lowest BCUT2D eigenvalue weighted by Gasteiger charge is -2.10. The van der Waals surface area contributed by atoms with Crippen LogP contribution in [0.2, 0.25) is 0 Å². The molecule has 0 atom stereocenters. The molecule has 0 saturated heterocycles. The second-order valence-corrected chi connectivity index (χ2v) is 7.46. The van der Waals surface area contributed by atoms with E-state index in [0.29, 0.717) is 5.56 Å². The van der Waals surface area contributed by atoms with Gasteiger partial charge >= 0.3 is 5.97 Å². The van der Waals surface area contributed by atoms with Gasteiger partial charge in [0.25, 0.3) is 11.8 Å². The Balaban J connectivity index is 1.83. The number of anilines is 1. The highest BCUT2D eigenvalue weighted by atomic mass is 32.2. The van der Waals surface area contributed by atoms with Crippen LogP contribution in [-0.4, -0.2) is 39.4 Å². The number of aryl methyl sites for hydroxylation is 1. The summed E-state index contributed by atoms with van der Waals surface area (Å²) in [6, 6.07) is 9.00. The van der Waals surface area contributed by atoms with Crippen LogP contribution >= 0.6 is 0 Å². The Bertz CT molecular complexity index is 1060. The summed E-state index contributed by atoms with van der Waals surface area (Å²) in [5, 5.41) is 9.70. The maximum Gasteiger partial charge on any atom is 0.325 e. The zero-order chi connectivity index (χ0) is 21.6. The molecule has 0 spiro atoms. The van der Waals surface area contributed by atoms with E-state index in [1.165, 1.54) is 36.4 Å². The summed E-state index contributed by atoms with van der Waals surface area (Å²) in [6.07, 6.45) is 0. The summed E-state index contributed by atoms with van der Waals surface area (Å²) < 4.78 is 40.8. The van der Waals surface area contributed by atoms with Gasteiger partial charge in [-0.2, -0.15) is 0 Å². The van der Waals surface area contributed by atoms with Gasteiger partial charge in [0, 0.05) is 11.3 Å². The van der Waals surface area contributed by atoms with E-state index in [-0.39, 0.29) is 16.1 Å². The molecule has 0 saturated carbocycles. The Kier molecular flexibility index (Phi) is 7.02. The summed E-state index contributed by atoms with van der Waals surface area (Å²) in [6.45, 7) is 0.362. The molecule has 0 heterocycles. The minimum absolute atomic E-state index is 0.0283. The molecule has 0 fully saturated rings. The fourth-order valence-corrected chi connectivity index (χ4v) is 3.07. The zero-order valence-electron chi connectivity index (χ0n) is 15.3. The molecule has 0 aliphatic heterocycles. The number of primary sulfonamides is 1. The first-order chi connectivity index (χ1) is 13.6. The average Bonchev–Trinajstić information content (AvgIpc) is 2.65. The third-order valence-electron chi connectivity index (χ3n) is 3.62. The third-order valence-corrected chi connectivity index (χ3v) is 4.68. The Hall–Kier alpha value is -3.31. The number of nitrogens with two attached hydrogens (primary N) is 1. The van der Waals surface area contributed by atoms with Gasteiger partial charge in [-0.25, -0.2) is 17.9 Å². The van der Waals surface area contributed by atoms with Gasteiger partial charge in [-0.1, -0.05) is 12.1 Å². The van der Waals surface area contributed by atoms with Crippen LogP contribution in [0.5, 0.6) is 0 Å². The number of carbonyl (C=O) groups is 3. The summed E-state index contributed by atoms with van der Waals surface area (Å²) in [4.78, 5) is 35.2. The summed E-state index contributed by atoms with van der Waals surface area (Å²) >= 11 is 0. The van der Waals surface area contributed by atoms with Crippen LogP contribution in [0, 0.1) is 12.7 Å². The van der Waals surface area contributed by atoms with Crippen LogP contribution in [0.3, 0.4) is 0 Å². The van der Waals surface area contributed by atoms with E-state index >= 15 is 0 Å². The molecule has 2 aromatic carbocycles. The Labute approximate surface area is 166 Å². The average molecular weight is 423 g/mol. The third kappa shape index (κ3) is 6.66. The van der Waals surface area contributed by atoms with Crippen LogP contribution in [0.25, 0.3) is 0 Å². The van der Waals surface area contributed by atoms with Crippen molar-refractivity contribution in [2.24, 2.45) is 5.14 Å². The van der Waals surface area contributed by atoms with Crippen molar-refractivity contribution in [1.29, 1.82) is 0 Å². The van der Waals surface area contributed by atoms with Gasteiger partial charge in [0.15, 0.2) is 6.61 Å². The number of halogens is 1. The molecule has 0 aliphatic rings. The van der Waals surface area contributed by atoms with Gasteiger partial charge in [-0.15, -0.1) is 0 Å². The molecule has 0 bridgehead atoms. The van der Waals surface area contributed by atoms with E-state index in [1.54, 1.807) is 6.92 Å². The van der Waals surface area contributed by atoms with Crippen molar-refractivity contribution >= 4 is 33.5 Å². The SMILES string of the molecule is Cc1ccc(NC(=O)COC(=O)CNC(=O)c2cccc(F)c2)cc1S(N)(=O)=O. The Morgan fingerprint density at radius 2 is 1.86 bits per heavy atom. The molecule has 0 aliphatic carbocycles. The van der Waals surface area contributed by atoms with E-state index in [1.807, 2.05) is 0 Å². The number of rotatable bonds is 7. The first-order valence-electron chi connectivity index (χ1n) is 8.19. The molecule has 0 unspecified atom stereocenters. The van der Waals surface area contributed by atoms with Gasteiger partial charge < -0.3 is 15.4 Å². The number of sulfonamides is 1. The minimum atomic E-state index is -3.96. The topological polar surface area (TPSA) is 145 Å². The molecule has 29 heavy (non-hydrogen) atoms. The molecule has 4 N–H and O–H groups in total. The van der Waals surface area contributed by atoms with E-state index in [0.717, 1.165) is 6.07 Å². The van der Waals surface area contributed by atoms with Crippen LogP contribution in [0.1, 0.15) is 15.9 Å². The van der Waals surface area contributed by atoms with E-state index < -0.39 is 46.8 Å². The molecule has 0 aromatic heterocycles. The van der Waals surface area contributed by atoms with Crippen molar-refractivity contribution in [3.8, 4) is 0 Å². The standard InChI is InChI=1S/C18H18FN3O6S/c1-11-5-6-14(8-15(11)29(20,26)27)22-16(23)10-28-17(24)9-21-18(25)12-3-2-4-13(19)7-12/h2-8H,9-10H2,1H3,(H,21,25)(H,22,23)(H2,20,26,27). The predicted octanol–water partition coefficient (Wildman–Crippen LogP) is 0.693. The van der Waals surface area contributed by atoms with Gasteiger partial charge in [0.05, 0.1) is 4.90 Å². The summed E-state index contributed by atoms with van der Waals surface area (Å²) in [7, 11) is -3.96. The lowest BCUT2D eigenvalue weighted by atomic mass is 10.2. The predicted molar refractivity (Wildman–Crippen MR) is 101 cm³/mol. The van der Waals surface area contributed by atoms with Crippen LogP contribution < -0.4 is 15.8 Å². The number of nitrogens with one attached hydrogen (secondary N) is 2. The van der Waals surface area contributed by atoms with Gasteiger partial charge in [-0.3, -0.25) is 14.4 Å². The van der Waals surface area contributed by atoms with Crippen LogP contribution in [0.15, 0.2) is 47.4 Å². The quantitative estimate of drug-likeness (QED) is 0.559. The van der Waals surface area contributed by atoms with Crippen molar-refractivity contribution in [2.45, 2.75) is 11.8 Å². The highest BCUT2D eigenvalue weighted by Gasteiger charge is 2.14. The van der Waals surface area contributed by atoms with Gasteiger partial charge in [0.2, 0.25) is 10.0 Å². The first-order valence-corrected chi connectivity index (χ1v) is 9.73. The number of hydrogen-bond donors (Lipinski definition) is 3. The molecule has 2 amide bonds. The van der Waals surface area contributed by atoms with Crippen LogP contribution in [-0.2, 0) is 24.3 Å². The fourth-order valence-electron chi connectivity index (χ4n) is 2.26. The van der Waals surface area contributed by atoms with Crippen molar-refractivity contribution in [1.82, 2.24) is 5.32 Å². The number of ether oxygens (including phenoxy) is 1. The molecule has 0 radical (unpaired) electrons. The molecule has 2 aromatic rings. The monoisotopic (exact) mass is 423 g/mol. The number of carbonyl (C=O) groups excluding carboxylic acids is 3. The molecule has 9 nitrogen and oxygen atoms in total. The second-order valence-electron chi connectivity index (χ2n) is 5.93. The normalized spacial score (nSPS) is 10.9. The minimum Gasteiger partial charge on any atom is -0.454 e. The number of benzene rings is 2. The Morgan fingerprint density at radius 1 is 1.14 bits per heavy atom. The van der Waals surface area contributed by atoms with Crippen molar-refractivity contribution in [3.63, 3.8) is 0 Å². The number of amides is 2. The smallest absolute Gasteiger partial charge is 0.325 e. The van der Waals surface area contributed by atoms with Crippen molar-refractivity contribution < 1.29 is 31.9 Å². The Morgan fingerprint density at radius 3 is 2.52 bits per heavy atom. The molecule has 2 rings (SSSR count).